The van der Waals surface area contributed by atoms with Crippen molar-refractivity contribution in [3.8, 4) is 5.75 Å². The van der Waals surface area contributed by atoms with E-state index in [0.29, 0.717) is 9.99 Å². The van der Waals surface area contributed by atoms with Gasteiger partial charge in [-0.2, -0.15) is 5.10 Å². The molecule has 62 valence electrons. The quantitative estimate of drug-likeness (QED) is 0.784. The van der Waals surface area contributed by atoms with Crippen molar-refractivity contribution in [2.75, 3.05) is 0 Å². The van der Waals surface area contributed by atoms with Gasteiger partial charge in [-0.1, -0.05) is 15.9 Å². The molecule has 1 heterocycles. The van der Waals surface area contributed by atoms with Gasteiger partial charge < -0.3 is 5.11 Å². The SMILES string of the molecule is Oc1cc(Br)cc2n[nH]c(Br)c12. The Morgan fingerprint density at radius 1 is 1.33 bits per heavy atom. The molecule has 0 unspecified atom stereocenters. The Morgan fingerprint density at radius 2 is 2.08 bits per heavy atom. The molecule has 12 heavy (non-hydrogen) atoms. The summed E-state index contributed by atoms with van der Waals surface area (Å²) in [5.41, 5.74) is 0.730. The van der Waals surface area contributed by atoms with E-state index in [2.05, 4.69) is 42.1 Å². The Hall–Kier alpha value is -0.550. The number of aromatic nitrogens is 2. The highest BCUT2D eigenvalue weighted by atomic mass is 79.9. The fraction of sp³-hybridized carbons (Fsp3) is 0. The lowest BCUT2D eigenvalue weighted by atomic mass is 10.2. The Labute approximate surface area is 85.0 Å². The van der Waals surface area contributed by atoms with Crippen LogP contribution in [0.3, 0.4) is 0 Å². The largest absolute Gasteiger partial charge is 0.507 e. The lowest BCUT2D eigenvalue weighted by Crippen LogP contribution is -1.71. The van der Waals surface area contributed by atoms with E-state index in [1.165, 1.54) is 0 Å². The number of benzene rings is 1. The van der Waals surface area contributed by atoms with Crippen LogP contribution in [-0.2, 0) is 0 Å². The summed E-state index contributed by atoms with van der Waals surface area (Å²) in [6.45, 7) is 0. The highest BCUT2D eigenvalue weighted by Crippen LogP contribution is 2.32. The fourth-order valence-corrected chi connectivity index (χ4v) is 1.99. The lowest BCUT2D eigenvalue weighted by Gasteiger charge is -1.95. The molecule has 0 saturated heterocycles. The second kappa shape index (κ2) is 2.74. The minimum absolute atomic E-state index is 0.208. The van der Waals surface area contributed by atoms with Gasteiger partial charge in [0.15, 0.2) is 0 Å². The number of nitrogens with one attached hydrogen (secondary N) is 1. The summed E-state index contributed by atoms with van der Waals surface area (Å²) in [6, 6.07) is 3.46. The number of halogens is 2. The van der Waals surface area contributed by atoms with E-state index >= 15 is 0 Å². The summed E-state index contributed by atoms with van der Waals surface area (Å²) in [5.74, 6) is 0.208. The topological polar surface area (TPSA) is 48.9 Å². The average molecular weight is 292 g/mol. The maximum Gasteiger partial charge on any atom is 0.128 e. The predicted octanol–water partition coefficient (Wildman–Crippen LogP) is 2.79. The molecule has 2 rings (SSSR count). The third-order valence-corrected chi connectivity index (χ3v) is 2.59. The van der Waals surface area contributed by atoms with E-state index in [0.717, 1.165) is 9.99 Å². The van der Waals surface area contributed by atoms with E-state index in [1.807, 2.05) is 6.07 Å². The van der Waals surface area contributed by atoms with Crippen LogP contribution in [0.1, 0.15) is 0 Å². The first-order chi connectivity index (χ1) is 5.68. The van der Waals surface area contributed by atoms with Gasteiger partial charge >= 0.3 is 0 Å². The van der Waals surface area contributed by atoms with Crippen LogP contribution in [0.25, 0.3) is 10.9 Å². The molecule has 5 heteroatoms. The summed E-state index contributed by atoms with van der Waals surface area (Å²) in [6.07, 6.45) is 0. The highest BCUT2D eigenvalue weighted by Gasteiger charge is 2.08. The Kier molecular flexibility index (Phi) is 1.84. The van der Waals surface area contributed by atoms with Crippen LogP contribution in [0.5, 0.6) is 5.75 Å². The van der Waals surface area contributed by atoms with E-state index in [-0.39, 0.29) is 5.75 Å². The fourth-order valence-electron chi connectivity index (χ4n) is 1.06. The van der Waals surface area contributed by atoms with E-state index in [9.17, 15) is 5.11 Å². The van der Waals surface area contributed by atoms with Gasteiger partial charge in [0.05, 0.1) is 10.9 Å². The van der Waals surface area contributed by atoms with Crippen LogP contribution in [0.4, 0.5) is 0 Å². The molecule has 0 radical (unpaired) electrons. The molecule has 1 aromatic heterocycles. The van der Waals surface area contributed by atoms with Crippen molar-refractivity contribution in [1.82, 2.24) is 10.2 Å². The monoisotopic (exact) mass is 290 g/mol. The lowest BCUT2D eigenvalue weighted by molar-refractivity contribution is 0.481. The first kappa shape index (κ1) is 8.07. The number of aromatic hydroxyl groups is 1. The van der Waals surface area contributed by atoms with Gasteiger partial charge in [0.2, 0.25) is 0 Å². The minimum atomic E-state index is 0.208. The summed E-state index contributed by atoms with van der Waals surface area (Å²) in [4.78, 5) is 0. The Bertz CT molecular complexity index is 438. The summed E-state index contributed by atoms with van der Waals surface area (Å²) in [5, 5.41) is 16.9. The van der Waals surface area contributed by atoms with Crippen molar-refractivity contribution in [2.24, 2.45) is 0 Å². The molecule has 3 nitrogen and oxygen atoms in total. The zero-order chi connectivity index (χ0) is 8.72. The number of hydrogen-bond acceptors (Lipinski definition) is 2. The summed E-state index contributed by atoms with van der Waals surface area (Å²) in [7, 11) is 0. The molecule has 1 aromatic carbocycles. The van der Waals surface area contributed by atoms with Gasteiger partial charge in [0.1, 0.15) is 10.4 Å². The van der Waals surface area contributed by atoms with Crippen molar-refractivity contribution < 1.29 is 5.11 Å². The van der Waals surface area contributed by atoms with Crippen molar-refractivity contribution in [2.45, 2.75) is 0 Å². The van der Waals surface area contributed by atoms with Gasteiger partial charge in [-0.25, -0.2) is 0 Å². The van der Waals surface area contributed by atoms with Crippen LogP contribution in [0.15, 0.2) is 21.2 Å². The van der Waals surface area contributed by atoms with Gasteiger partial charge in [-0.05, 0) is 28.1 Å². The van der Waals surface area contributed by atoms with Crippen molar-refractivity contribution in [3.05, 3.63) is 21.2 Å². The summed E-state index contributed by atoms with van der Waals surface area (Å²) < 4.78 is 1.51. The highest BCUT2D eigenvalue weighted by molar-refractivity contribution is 9.10. The molecule has 0 aliphatic rings. The van der Waals surface area contributed by atoms with Gasteiger partial charge in [-0.3, -0.25) is 5.10 Å². The molecule has 2 aromatic rings. The molecule has 0 atom stereocenters. The molecule has 0 aliphatic heterocycles. The van der Waals surface area contributed by atoms with Crippen LogP contribution in [-0.4, -0.2) is 15.3 Å². The Morgan fingerprint density at radius 3 is 2.83 bits per heavy atom. The zero-order valence-corrected chi connectivity index (χ0v) is 8.98. The molecule has 0 aliphatic carbocycles. The third kappa shape index (κ3) is 1.13. The number of nitrogens with zero attached hydrogens (tertiary/aromatic N) is 1. The number of hydrogen-bond donors (Lipinski definition) is 2. The molecule has 0 amide bonds. The standard InChI is InChI=1S/C7H4Br2N2O/c8-3-1-4-6(5(12)2-3)7(9)11-10-4/h1-2,12H,(H,10,11). The predicted molar refractivity (Wildman–Crippen MR) is 53.2 cm³/mol. The molecular formula is C7H4Br2N2O. The van der Waals surface area contributed by atoms with Crippen molar-refractivity contribution in [1.29, 1.82) is 0 Å². The molecular weight excluding hydrogens is 288 g/mol. The molecule has 0 spiro atoms. The molecule has 0 bridgehead atoms. The van der Waals surface area contributed by atoms with Gasteiger partial charge in [0, 0.05) is 4.47 Å². The first-order valence-corrected chi connectivity index (χ1v) is 4.79. The number of aromatic amines is 1. The smallest absolute Gasteiger partial charge is 0.128 e. The van der Waals surface area contributed by atoms with E-state index in [4.69, 9.17) is 0 Å². The number of phenolic OH excluding ortho intramolecular Hbond substituents is 1. The van der Waals surface area contributed by atoms with Gasteiger partial charge in [-0.15, -0.1) is 0 Å². The van der Waals surface area contributed by atoms with Crippen LogP contribution in [0, 0.1) is 0 Å². The molecule has 0 saturated carbocycles. The van der Waals surface area contributed by atoms with Crippen LogP contribution >= 0.6 is 31.9 Å². The van der Waals surface area contributed by atoms with Crippen molar-refractivity contribution in [3.63, 3.8) is 0 Å². The number of H-pyrrole nitrogens is 1. The van der Waals surface area contributed by atoms with Crippen LogP contribution < -0.4 is 0 Å². The third-order valence-electron chi connectivity index (χ3n) is 1.56. The number of rotatable bonds is 0. The second-order valence-electron chi connectivity index (χ2n) is 2.36. The average Bonchev–Trinajstić information content (AvgIpc) is 2.31. The maximum absolute atomic E-state index is 9.50. The van der Waals surface area contributed by atoms with Crippen LogP contribution in [0.2, 0.25) is 0 Å². The summed E-state index contributed by atoms with van der Waals surface area (Å²) >= 11 is 6.51. The molecule has 2 N–H and O–H groups in total. The second-order valence-corrected chi connectivity index (χ2v) is 4.07. The van der Waals surface area contributed by atoms with Crippen molar-refractivity contribution >= 4 is 42.8 Å². The normalized spacial score (nSPS) is 10.8. The Balaban J connectivity index is 2.93. The zero-order valence-electron chi connectivity index (χ0n) is 5.81. The first-order valence-electron chi connectivity index (χ1n) is 3.20. The maximum atomic E-state index is 9.50. The van der Waals surface area contributed by atoms with E-state index < -0.39 is 0 Å². The van der Waals surface area contributed by atoms with Gasteiger partial charge in [0.25, 0.3) is 0 Å². The number of phenols is 1. The number of fused-ring (bicyclic) bond motifs is 1. The minimum Gasteiger partial charge on any atom is -0.507 e. The van der Waals surface area contributed by atoms with E-state index in [1.54, 1.807) is 6.07 Å². The molecule has 0 fully saturated rings.